The molecule has 3 aromatic rings. The van der Waals surface area contributed by atoms with Gasteiger partial charge in [-0.15, -0.1) is 0 Å². The van der Waals surface area contributed by atoms with Gasteiger partial charge in [-0.25, -0.2) is 4.98 Å². The van der Waals surface area contributed by atoms with Crippen LogP contribution in [0.1, 0.15) is 74.1 Å². The third kappa shape index (κ3) is 8.16. The van der Waals surface area contributed by atoms with Crippen molar-refractivity contribution in [3.05, 3.63) is 83.6 Å². The summed E-state index contributed by atoms with van der Waals surface area (Å²) in [5, 5.41) is 6.02. The van der Waals surface area contributed by atoms with Crippen molar-refractivity contribution in [3.63, 3.8) is 0 Å². The SMILES string of the molecule is COc1ccc([C@@H](C(=O)NC2CCCCC2)N(C(=O)CCCC(=O)Nc2ccccn2)c2cc(C)ccc2C)cc1. The van der Waals surface area contributed by atoms with Crippen LogP contribution in [0.4, 0.5) is 11.5 Å². The van der Waals surface area contributed by atoms with E-state index in [1.54, 1.807) is 36.4 Å². The summed E-state index contributed by atoms with van der Waals surface area (Å²) in [6.07, 6.45) is 7.41. The summed E-state index contributed by atoms with van der Waals surface area (Å²) in [4.78, 5) is 46.4. The number of hydrogen-bond acceptors (Lipinski definition) is 5. The van der Waals surface area contributed by atoms with Gasteiger partial charge >= 0.3 is 0 Å². The summed E-state index contributed by atoms with van der Waals surface area (Å²) in [5.41, 5.74) is 3.26. The highest BCUT2D eigenvalue weighted by molar-refractivity contribution is 6.02. The molecule has 3 amide bonds. The highest BCUT2D eigenvalue weighted by atomic mass is 16.5. The first-order valence-electron chi connectivity index (χ1n) is 14.4. The number of amides is 3. The van der Waals surface area contributed by atoms with E-state index in [0.717, 1.165) is 36.8 Å². The standard InChI is InChI=1S/C33H40N4O4/c1-23-15-16-24(2)28(22-23)37(31(39)14-9-13-30(38)36-29-12-7-8-21-34-29)32(25-17-19-27(41-3)20-18-25)33(40)35-26-10-5-4-6-11-26/h7-8,12,15-22,26,32H,4-6,9-11,13-14H2,1-3H3,(H,35,40)(H,34,36,38)/t32-/m0/s1. The van der Waals surface area contributed by atoms with Crippen LogP contribution < -0.4 is 20.3 Å². The predicted molar refractivity (Wildman–Crippen MR) is 161 cm³/mol. The van der Waals surface area contributed by atoms with Gasteiger partial charge in [0.05, 0.1) is 7.11 Å². The van der Waals surface area contributed by atoms with E-state index in [0.29, 0.717) is 29.2 Å². The Hall–Kier alpha value is -4.20. The van der Waals surface area contributed by atoms with Crippen LogP contribution in [-0.4, -0.2) is 35.9 Å². The number of benzene rings is 2. The van der Waals surface area contributed by atoms with Gasteiger partial charge in [0.2, 0.25) is 17.7 Å². The van der Waals surface area contributed by atoms with Crippen molar-refractivity contribution in [2.45, 2.75) is 77.3 Å². The second kappa shape index (κ2) is 14.4. The quantitative estimate of drug-likeness (QED) is 0.300. The van der Waals surface area contributed by atoms with Gasteiger partial charge in [0, 0.05) is 30.8 Å². The zero-order valence-corrected chi connectivity index (χ0v) is 24.2. The van der Waals surface area contributed by atoms with Crippen molar-refractivity contribution in [2.75, 3.05) is 17.3 Å². The lowest BCUT2D eigenvalue weighted by atomic mass is 9.94. The third-order valence-corrected chi connectivity index (χ3v) is 7.51. The molecule has 1 fully saturated rings. The van der Waals surface area contributed by atoms with Gasteiger partial charge in [-0.05, 0) is 80.1 Å². The second-order valence-electron chi connectivity index (χ2n) is 10.7. The van der Waals surface area contributed by atoms with Crippen LogP contribution in [0.25, 0.3) is 0 Å². The molecule has 8 heteroatoms. The molecule has 4 rings (SSSR count). The summed E-state index contributed by atoms with van der Waals surface area (Å²) in [6, 6.07) is 17.7. The van der Waals surface area contributed by atoms with E-state index in [9.17, 15) is 14.4 Å². The topological polar surface area (TPSA) is 101 Å². The predicted octanol–water partition coefficient (Wildman–Crippen LogP) is 6.04. The third-order valence-electron chi connectivity index (χ3n) is 7.51. The van der Waals surface area contributed by atoms with E-state index in [1.807, 2.05) is 56.3 Å². The number of anilines is 2. The molecular formula is C33H40N4O4. The summed E-state index contributed by atoms with van der Waals surface area (Å²) >= 11 is 0. The van der Waals surface area contributed by atoms with Crippen LogP contribution >= 0.6 is 0 Å². The van der Waals surface area contributed by atoms with Crippen LogP contribution in [0.15, 0.2) is 66.9 Å². The van der Waals surface area contributed by atoms with Crippen LogP contribution in [-0.2, 0) is 14.4 Å². The van der Waals surface area contributed by atoms with Gasteiger partial charge in [0.15, 0.2) is 0 Å². The molecule has 1 aromatic heterocycles. The lowest BCUT2D eigenvalue weighted by molar-refractivity contribution is -0.127. The van der Waals surface area contributed by atoms with Gasteiger partial charge in [-0.1, -0.05) is 49.6 Å². The highest BCUT2D eigenvalue weighted by Gasteiger charge is 2.34. The van der Waals surface area contributed by atoms with E-state index in [-0.39, 0.29) is 36.6 Å². The maximum absolute atomic E-state index is 14.1. The van der Waals surface area contributed by atoms with E-state index >= 15 is 0 Å². The van der Waals surface area contributed by atoms with Gasteiger partial charge in [-0.3, -0.25) is 19.3 Å². The van der Waals surface area contributed by atoms with Gasteiger partial charge in [0.25, 0.3) is 0 Å². The van der Waals surface area contributed by atoms with E-state index < -0.39 is 6.04 Å². The number of aromatic nitrogens is 1. The number of carbonyl (C=O) groups excluding carboxylic acids is 3. The maximum atomic E-state index is 14.1. The summed E-state index contributed by atoms with van der Waals surface area (Å²) in [6.45, 7) is 3.91. The number of hydrogen-bond donors (Lipinski definition) is 2. The number of methoxy groups -OCH3 is 1. The number of aryl methyl sites for hydroxylation is 2. The largest absolute Gasteiger partial charge is 0.497 e. The summed E-state index contributed by atoms with van der Waals surface area (Å²) in [5.74, 6) is 0.508. The fourth-order valence-electron chi connectivity index (χ4n) is 5.29. The number of nitrogens with zero attached hydrogens (tertiary/aromatic N) is 2. The molecule has 0 bridgehead atoms. The lowest BCUT2D eigenvalue weighted by Gasteiger charge is -2.34. The Balaban J connectivity index is 1.62. The first-order valence-corrected chi connectivity index (χ1v) is 14.4. The minimum absolute atomic E-state index is 0.0860. The van der Waals surface area contributed by atoms with Crippen molar-refractivity contribution in [3.8, 4) is 5.75 Å². The van der Waals surface area contributed by atoms with Crippen molar-refractivity contribution >= 4 is 29.2 Å². The van der Waals surface area contributed by atoms with Crippen LogP contribution in [0.5, 0.6) is 5.75 Å². The van der Waals surface area contributed by atoms with Crippen molar-refractivity contribution < 1.29 is 19.1 Å². The lowest BCUT2D eigenvalue weighted by Crippen LogP contribution is -2.47. The first kappa shape index (κ1) is 29.8. The Labute approximate surface area is 242 Å². The number of carbonyl (C=O) groups is 3. The minimum Gasteiger partial charge on any atom is -0.497 e. The molecule has 1 heterocycles. The molecule has 8 nitrogen and oxygen atoms in total. The smallest absolute Gasteiger partial charge is 0.248 e. The Morgan fingerprint density at radius 3 is 2.41 bits per heavy atom. The van der Waals surface area contributed by atoms with Crippen LogP contribution in [0.2, 0.25) is 0 Å². The molecule has 0 aliphatic heterocycles. The number of rotatable bonds is 11. The zero-order chi connectivity index (χ0) is 29.2. The number of ether oxygens (including phenoxy) is 1. The van der Waals surface area contributed by atoms with Crippen LogP contribution in [0, 0.1) is 13.8 Å². The Kier molecular flexibility index (Phi) is 10.5. The molecule has 1 atom stereocenters. The van der Waals surface area contributed by atoms with E-state index in [2.05, 4.69) is 15.6 Å². The number of nitrogens with one attached hydrogen (secondary N) is 2. The average molecular weight is 557 g/mol. The number of pyridine rings is 1. The molecule has 0 radical (unpaired) electrons. The van der Waals surface area contributed by atoms with Crippen molar-refractivity contribution in [2.24, 2.45) is 0 Å². The van der Waals surface area contributed by atoms with Gasteiger partial charge in [-0.2, -0.15) is 0 Å². The molecule has 2 aromatic carbocycles. The van der Waals surface area contributed by atoms with E-state index in [1.165, 1.54) is 6.42 Å². The fraction of sp³-hybridized carbons (Fsp3) is 0.394. The average Bonchev–Trinajstić information content (AvgIpc) is 2.98. The van der Waals surface area contributed by atoms with Crippen molar-refractivity contribution in [1.29, 1.82) is 0 Å². The Bertz CT molecular complexity index is 1320. The zero-order valence-electron chi connectivity index (χ0n) is 24.2. The molecule has 0 spiro atoms. The molecule has 41 heavy (non-hydrogen) atoms. The maximum Gasteiger partial charge on any atom is 0.248 e. The molecule has 1 saturated carbocycles. The Morgan fingerprint density at radius 2 is 1.73 bits per heavy atom. The van der Waals surface area contributed by atoms with Crippen molar-refractivity contribution in [1.82, 2.24) is 10.3 Å². The molecule has 2 N–H and O–H groups in total. The van der Waals surface area contributed by atoms with E-state index in [4.69, 9.17) is 4.74 Å². The molecule has 1 aliphatic carbocycles. The van der Waals surface area contributed by atoms with Crippen LogP contribution in [0.3, 0.4) is 0 Å². The summed E-state index contributed by atoms with van der Waals surface area (Å²) < 4.78 is 5.35. The Morgan fingerprint density at radius 1 is 0.976 bits per heavy atom. The monoisotopic (exact) mass is 556 g/mol. The summed E-state index contributed by atoms with van der Waals surface area (Å²) in [7, 11) is 1.60. The molecule has 0 unspecified atom stereocenters. The molecular weight excluding hydrogens is 516 g/mol. The molecule has 216 valence electrons. The first-order chi connectivity index (χ1) is 19.9. The second-order valence-corrected chi connectivity index (χ2v) is 10.7. The normalized spacial score (nSPS) is 14.1. The minimum atomic E-state index is -0.877. The highest BCUT2D eigenvalue weighted by Crippen LogP contribution is 2.33. The fourth-order valence-corrected chi connectivity index (χ4v) is 5.29. The van der Waals surface area contributed by atoms with Gasteiger partial charge < -0.3 is 15.4 Å². The molecule has 0 saturated heterocycles. The molecule has 1 aliphatic rings. The van der Waals surface area contributed by atoms with Gasteiger partial charge in [0.1, 0.15) is 17.6 Å².